The van der Waals surface area contributed by atoms with Gasteiger partial charge in [0.1, 0.15) is 21.6 Å². The summed E-state index contributed by atoms with van der Waals surface area (Å²) >= 11 is 1.12. The van der Waals surface area contributed by atoms with Gasteiger partial charge in [0.2, 0.25) is 0 Å². The average Bonchev–Trinajstić information content (AvgIpc) is 2.73. The van der Waals surface area contributed by atoms with Crippen molar-refractivity contribution in [2.45, 2.75) is 36.3 Å². The van der Waals surface area contributed by atoms with E-state index in [1.165, 1.54) is 13.2 Å². The summed E-state index contributed by atoms with van der Waals surface area (Å²) in [5.74, 6) is 0.776. The topological polar surface area (TPSA) is 87.9 Å². The van der Waals surface area contributed by atoms with Crippen molar-refractivity contribution in [2.24, 2.45) is 0 Å². The number of nitro benzene ring substituents is 1. The van der Waals surface area contributed by atoms with Crippen LogP contribution in [-0.4, -0.2) is 37.0 Å². The van der Waals surface area contributed by atoms with Gasteiger partial charge in [0.15, 0.2) is 0 Å². The maximum absolute atomic E-state index is 12.5. The maximum Gasteiger partial charge on any atom is 0.319 e. The molecule has 0 aliphatic heterocycles. The number of nitro groups is 1. The number of carbonyl (C=O) groups is 1. The van der Waals surface area contributed by atoms with Crippen LogP contribution in [0.1, 0.15) is 25.3 Å². The zero-order chi connectivity index (χ0) is 21.2. The number of ether oxygens (including phenoxy) is 3. The van der Waals surface area contributed by atoms with Crippen LogP contribution in [0.15, 0.2) is 47.4 Å². The number of carbonyl (C=O) groups excluding carboxylic acids is 1. The summed E-state index contributed by atoms with van der Waals surface area (Å²) in [6.07, 6.45) is 2.02. The van der Waals surface area contributed by atoms with Gasteiger partial charge in [-0.25, -0.2) is 0 Å². The zero-order valence-electron chi connectivity index (χ0n) is 16.8. The van der Waals surface area contributed by atoms with Gasteiger partial charge in [-0.1, -0.05) is 18.2 Å². The molecule has 0 saturated carbocycles. The van der Waals surface area contributed by atoms with Gasteiger partial charge < -0.3 is 14.2 Å². The van der Waals surface area contributed by atoms with E-state index in [2.05, 4.69) is 0 Å². The van der Waals surface area contributed by atoms with Gasteiger partial charge in [-0.3, -0.25) is 14.9 Å². The first kappa shape index (κ1) is 22.5. The van der Waals surface area contributed by atoms with Crippen molar-refractivity contribution >= 4 is 23.4 Å². The summed E-state index contributed by atoms with van der Waals surface area (Å²) in [7, 11) is 3.07. The van der Waals surface area contributed by atoms with Gasteiger partial charge in [-0.05, 0) is 49.9 Å². The molecule has 0 amide bonds. The van der Waals surface area contributed by atoms with Gasteiger partial charge in [0.25, 0.3) is 5.69 Å². The van der Waals surface area contributed by atoms with E-state index in [1.54, 1.807) is 26.2 Å². The molecule has 0 aliphatic carbocycles. The van der Waals surface area contributed by atoms with Crippen LogP contribution >= 0.6 is 11.8 Å². The molecule has 1 atom stereocenters. The molecule has 0 saturated heterocycles. The molecule has 7 nitrogen and oxygen atoms in total. The minimum atomic E-state index is -0.566. The third-order valence-corrected chi connectivity index (χ3v) is 5.63. The minimum absolute atomic E-state index is 0.0844. The molecule has 0 unspecified atom stereocenters. The number of thioether (sulfide) groups is 1. The highest BCUT2D eigenvalue weighted by Gasteiger charge is 2.27. The van der Waals surface area contributed by atoms with E-state index < -0.39 is 10.2 Å². The number of nitrogens with zero attached hydrogens (tertiary/aromatic N) is 1. The van der Waals surface area contributed by atoms with E-state index in [0.717, 1.165) is 35.9 Å². The number of rotatable bonds is 11. The molecule has 2 aromatic rings. The highest BCUT2D eigenvalue weighted by molar-refractivity contribution is 8.00. The van der Waals surface area contributed by atoms with Gasteiger partial charge in [-0.15, -0.1) is 11.8 Å². The molecule has 0 aliphatic rings. The van der Waals surface area contributed by atoms with Gasteiger partial charge >= 0.3 is 5.97 Å². The lowest BCUT2D eigenvalue weighted by Gasteiger charge is -2.17. The van der Waals surface area contributed by atoms with Crippen LogP contribution in [0.3, 0.4) is 0 Å². The fraction of sp³-hybridized carbons (Fsp3) is 0.381. The van der Waals surface area contributed by atoms with Crippen molar-refractivity contribution < 1.29 is 23.9 Å². The van der Waals surface area contributed by atoms with Crippen molar-refractivity contribution in [2.75, 3.05) is 20.8 Å². The predicted octanol–water partition coefficient (Wildman–Crippen LogP) is 4.66. The zero-order valence-corrected chi connectivity index (χ0v) is 17.6. The number of methoxy groups -OCH3 is 2. The summed E-state index contributed by atoms with van der Waals surface area (Å²) in [4.78, 5) is 23.8. The average molecular weight is 419 g/mol. The van der Waals surface area contributed by atoms with Crippen molar-refractivity contribution in [3.05, 3.63) is 58.1 Å². The number of benzene rings is 2. The second-order valence-corrected chi connectivity index (χ2v) is 7.38. The molecule has 2 aromatic carbocycles. The lowest BCUT2D eigenvalue weighted by atomic mass is 10.1. The minimum Gasteiger partial charge on any atom is -0.497 e. The Morgan fingerprint density at radius 1 is 1.14 bits per heavy atom. The third kappa shape index (κ3) is 6.39. The van der Waals surface area contributed by atoms with Crippen molar-refractivity contribution in [3.63, 3.8) is 0 Å². The molecule has 0 radical (unpaired) electrons. The maximum atomic E-state index is 12.5. The molecule has 0 fully saturated rings. The van der Waals surface area contributed by atoms with E-state index in [9.17, 15) is 14.9 Å². The standard InChI is InChI=1S/C21H25NO6S/c1-4-28-21(23)19(10-5-7-15-11-13-16(26-2)14-12-15)29-20-17(22(24)25)8-6-9-18(20)27-3/h6,8-9,11-14,19H,4-5,7,10H2,1-3H3/t19-/m0/s1. The Bertz CT molecular complexity index is 824. The van der Waals surface area contributed by atoms with Gasteiger partial charge in [-0.2, -0.15) is 0 Å². The first-order valence-electron chi connectivity index (χ1n) is 9.27. The molecular formula is C21H25NO6S. The second-order valence-electron chi connectivity index (χ2n) is 6.16. The number of esters is 1. The van der Waals surface area contributed by atoms with Crippen molar-refractivity contribution in [1.29, 1.82) is 0 Å². The first-order valence-corrected chi connectivity index (χ1v) is 10.2. The lowest BCUT2D eigenvalue weighted by molar-refractivity contribution is -0.387. The van der Waals surface area contributed by atoms with Crippen LogP contribution in [0.25, 0.3) is 0 Å². The fourth-order valence-electron chi connectivity index (χ4n) is 2.81. The normalized spacial score (nSPS) is 11.6. The summed E-state index contributed by atoms with van der Waals surface area (Å²) in [5.41, 5.74) is 1.04. The van der Waals surface area contributed by atoms with Crippen molar-refractivity contribution in [3.8, 4) is 11.5 Å². The predicted molar refractivity (Wildman–Crippen MR) is 112 cm³/mol. The number of aryl methyl sites for hydroxylation is 1. The Morgan fingerprint density at radius 2 is 1.86 bits per heavy atom. The monoisotopic (exact) mass is 419 g/mol. The Morgan fingerprint density at radius 3 is 2.45 bits per heavy atom. The van der Waals surface area contributed by atoms with Gasteiger partial charge in [0, 0.05) is 6.07 Å². The van der Waals surface area contributed by atoms with E-state index in [-0.39, 0.29) is 18.3 Å². The molecular weight excluding hydrogens is 394 g/mol. The van der Waals surface area contributed by atoms with Crippen LogP contribution in [0.5, 0.6) is 11.5 Å². The highest BCUT2D eigenvalue weighted by Crippen LogP contribution is 2.41. The smallest absolute Gasteiger partial charge is 0.319 e. The molecule has 156 valence electrons. The quantitative estimate of drug-likeness (QED) is 0.226. The van der Waals surface area contributed by atoms with Gasteiger partial charge in [0.05, 0.1) is 25.7 Å². The summed E-state index contributed by atoms with van der Waals surface area (Å²) in [5, 5.41) is 10.9. The number of hydrogen-bond acceptors (Lipinski definition) is 7. The Kier molecular flexibility index (Phi) is 8.79. The largest absolute Gasteiger partial charge is 0.497 e. The number of hydrogen-bond donors (Lipinski definition) is 0. The van der Waals surface area contributed by atoms with Crippen LogP contribution < -0.4 is 9.47 Å². The Hall–Kier alpha value is -2.74. The van der Waals surface area contributed by atoms with Crippen LogP contribution in [-0.2, 0) is 16.0 Å². The fourth-order valence-corrected chi connectivity index (χ4v) is 4.08. The lowest BCUT2D eigenvalue weighted by Crippen LogP contribution is -2.21. The molecule has 29 heavy (non-hydrogen) atoms. The molecule has 0 aromatic heterocycles. The van der Waals surface area contributed by atoms with Crippen LogP contribution in [0, 0.1) is 10.1 Å². The molecule has 2 rings (SSSR count). The first-order chi connectivity index (χ1) is 14.0. The van der Waals surface area contributed by atoms with Crippen molar-refractivity contribution in [1.82, 2.24) is 0 Å². The van der Waals surface area contributed by atoms with E-state index in [1.807, 2.05) is 24.3 Å². The summed E-state index contributed by atoms with van der Waals surface area (Å²) < 4.78 is 15.6. The Balaban J connectivity index is 2.14. The summed E-state index contributed by atoms with van der Waals surface area (Å²) in [6, 6.07) is 12.4. The second kappa shape index (κ2) is 11.3. The molecule has 8 heteroatoms. The van der Waals surface area contributed by atoms with E-state index in [4.69, 9.17) is 14.2 Å². The van der Waals surface area contributed by atoms with Crippen LogP contribution in [0.2, 0.25) is 0 Å². The SMILES string of the molecule is CCOC(=O)[C@H](CCCc1ccc(OC)cc1)Sc1c(OC)cccc1[N+](=O)[O-]. The highest BCUT2D eigenvalue weighted by atomic mass is 32.2. The molecule has 0 bridgehead atoms. The molecule has 0 heterocycles. The molecule has 0 N–H and O–H groups in total. The molecule has 0 spiro atoms. The summed E-state index contributed by atoms with van der Waals surface area (Å²) in [6.45, 7) is 1.99. The van der Waals surface area contributed by atoms with Crippen LogP contribution in [0.4, 0.5) is 5.69 Å². The van der Waals surface area contributed by atoms with E-state index >= 15 is 0 Å². The van der Waals surface area contributed by atoms with E-state index in [0.29, 0.717) is 17.1 Å². The third-order valence-electron chi connectivity index (χ3n) is 4.28. The Labute approximate surface area is 174 Å².